The van der Waals surface area contributed by atoms with E-state index < -0.39 is 0 Å². The van der Waals surface area contributed by atoms with E-state index in [2.05, 4.69) is 10.3 Å². The van der Waals surface area contributed by atoms with Crippen LogP contribution in [0, 0.1) is 5.82 Å². The van der Waals surface area contributed by atoms with Crippen molar-refractivity contribution in [1.29, 1.82) is 0 Å². The van der Waals surface area contributed by atoms with Crippen LogP contribution in [0.4, 0.5) is 4.39 Å². The molecule has 3 nitrogen and oxygen atoms in total. The number of aromatic nitrogens is 1. The van der Waals surface area contributed by atoms with Crippen LogP contribution in [0.25, 0.3) is 0 Å². The summed E-state index contributed by atoms with van der Waals surface area (Å²) in [6.07, 6.45) is 2.10. The number of nitrogens with zero attached hydrogens (tertiary/aromatic N) is 1. The Morgan fingerprint density at radius 1 is 1.21 bits per heavy atom. The van der Waals surface area contributed by atoms with Crippen LogP contribution in [0.1, 0.15) is 24.2 Å². The van der Waals surface area contributed by atoms with Crippen molar-refractivity contribution in [3.8, 4) is 5.75 Å². The highest BCUT2D eigenvalue weighted by molar-refractivity contribution is 5.26. The summed E-state index contributed by atoms with van der Waals surface area (Å²) < 4.78 is 12.8. The predicted molar refractivity (Wildman–Crippen MR) is 72.4 cm³/mol. The Morgan fingerprint density at radius 2 is 1.95 bits per heavy atom. The summed E-state index contributed by atoms with van der Waals surface area (Å²) in [6, 6.07) is 10.3. The van der Waals surface area contributed by atoms with E-state index in [1.807, 2.05) is 19.1 Å². The summed E-state index contributed by atoms with van der Waals surface area (Å²) in [5.41, 5.74) is 1.98. The average Bonchev–Trinajstić information content (AvgIpc) is 2.41. The maximum Gasteiger partial charge on any atom is 0.141 e. The van der Waals surface area contributed by atoms with Gasteiger partial charge in [-0.25, -0.2) is 4.39 Å². The van der Waals surface area contributed by atoms with Gasteiger partial charge < -0.3 is 10.4 Å². The van der Waals surface area contributed by atoms with Gasteiger partial charge in [-0.15, -0.1) is 0 Å². The zero-order valence-electron chi connectivity index (χ0n) is 10.8. The number of aromatic hydroxyl groups is 1. The molecule has 0 aliphatic heterocycles. The van der Waals surface area contributed by atoms with Gasteiger partial charge in [-0.1, -0.05) is 12.1 Å². The molecule has 0 fully saturated rings. The Bertz CT molecular complexity index is 511. The van der Waals surface area contributed by atoms with Gasteiger partial charge in [-0.05, 0) is 49.7 Å². The van der Waals surface area contributed by atoms with Gasteiger partial charge >= 0.3 is 0 Å². The summed E-state index contributed by atoms with van der Waals surface area (Å²) in [4.78, 5) is 4.04. The first-order valence-electron chi connectivity index (χ1n) is 6.28. The molecule has 19 heavy (non-hydrogen) atoms. The van der Waals surface area contributed by atoms with Crippen LogP contribution in [-0.2, 0) is 6.42 Å². The van der Waals surface area contributed by atoms with E-state index >= 15 is 0 Å². The zero-order valence-corrected chi connectivity index (χ0v) is 10.8. The molecule has 0 bridgehead atoms. The fraction of sp³-hybridized carbons (Fsp3) is 0.267. The molecule has 0 aliphatic carbocycles. The van der Waals surface area contributed by atoms with Crippen molar-refractivity contribution in [1.82, 2.24) is 10.3 Å². The minimum Gasteiger partial charge on any atom is -0.508 e. The third-order valence-electron chi connectivity index (χ3n) is 2.99. The largest absolute Gasteiger partial charge is 0.508 e. The van der Waals surface area contributed by atoms with E-state index in [9.17, 15) is 9.50 Å². The predicted octanol–water partition coefficient (Wildman–Crippen LogP) is 2.82. The van der Waals surface area contributed by atoms with E-state index in [4.69, 9.17) is 0 Å². The van der Waals surface area contributed by atoms with Crippen molar-refractivity contribution in [2.45, 2.75) is 19.4 Å². The van der Waals surface area contributed by atoms with Gasteiger partial charge in [0, 0.05) is 6.04 Å². The Hall–Kier alpha value is -1.94. The summed E-state index contributed by atoms with van der Waals surface area (Å²) in [6.45, 7) is 2.79. The molecule has 0 aliphatic rings. The topological polar surface area (TPSA) is 45.1 Å². The number of phenolic OH excluding ortho intramolecular Hbond substituents is 1. The van der Waals surface area contributed by atoms with Gasteiger partial charge in [0.15, 0.2) is 0 Å². The normalized spacial score (nSPS) is 12.3. The molecule has 100 valence electrons. The third-order valence-corrected chi connectivity index (χ3v) is 2.99. The number of rotatable bonds is 5. The van der Waals surface area contributed by atoms with Crippen molar-refractivity contribution in [2.24, 2.45) is 0 Å². The molecule has 0 saturated heterocycles. The molecule has 1 aromatic heterocycles. The van der Waals surface area contributed by atoms with Crippen LogP contribution in [0.15, 0.2) is 42.6 Å². The SMILES string of the molecule is CC(NCCc1ccc(O)cc1)c1ccc(F)cn1. The highest BCUT2D eigenvalue weighted by Crippen LogP contribution is 2.11. The monoisotopic (exact) mass is 260 g/mol. The number of phenols is 1. The molecule has 0 saturated carbocycles. The Balaban J connectivity index is 1.82. The van der Waals surface area contributed by atoms with E-state index in [1.54, 1.807) is 18.2 Å². The molecular weight excluding hydrogens is 243 g/mol. The maximum atomic E-state index is 12.8. The number of hydrogen-bond donors (Lipinski definition) is 2. The van der Waals surface area contributed by atoms with Crippen LogP contribution < -0.4 is 5.32 Å². The van der Waals surface area contributed by atoms with Crippen molar-refractivity contribution in [2.75, 3.05) is 6.54 Å². The molecule has 0 amide bonds. The lowest BCUT2D eigenvalue weighted by Gasteiger charge is -2.13. The maximum absolute atomic E-state index is 12.8. The Kier molecular flexibility index (Phi) is 4.47. The smallest absolute Gasteiger partial charge is 0.141 e. The summed E-state index contributed by atoms with van der Waals surface area (Å²) in [7, 11) is 0. The van der Waals surface area contributed by atoms with Crippen LogP contribution >= 0.6 is 0 Å². The van der Waals surface area contributed by atoms with Gasteiger partial charge in [-0.2, -0.15) is 0 Å². The van der Waals surface area contributed by atoms with Crippen LogP contribution in [0.3, 0.4) is 0 Å². The minimum atomic E-state index is -0.319. The van der Waals surface area contributed by atoms with Crippen LogP contribution in [0.2, 0.25) is 0 Å². The highest BCUT2D eigenvalue weighted by atomic mass is 19.1. The van der Waals surface area contributed by atoms with E-state index in [-0.39, 0.29) is 17.6 Å². The molecule has 2 rings (SSSR count). The molecule has 4 heteroatoms. The minimum absolute atomic E-state index is 0.0812. The molecule has 0 radical (unpaired) electrons. The molecule has 1 aromatic carbocycles. The van der Waals surface area contributed by atoms with E-state index in [0.717, 1.165) is 24.2 Å². The van der Waals surface area contributed by atoms with Crippen LogP contribution in [0.5, 0.6) is 5.75 Å². The summed E-state index contributed by atoms with van der Waals surface area (Å²) in [5.74, 6) is -0.0411. The van der Waals surface area contributed by atoms with Crippen molar-refractivity contribution < 1.29 is 9.50 Å². The first kappa shape index (κ1) is 13.5. The second-order valence-electron chi connectivity index (χ2n) is 4.49. The molecule has 1 unspecified atom stereocenters. The van der Waals surface area contributed by atoms with Gasteiger partial charge in [0.05, 0.1) is 11.9 Å². The number of pyridine rings is 1. The van der Waals surface area contributed by atoms with E-state index in [1.165, 1.54) is 12.3 Å². The fourth-order valence-corrected chi connectivity index (χ4v) is 1.84. The third kappa shape index (κ3) is 4.03. The number of nitrogens with one attached hydrogen (secondary N) is 1. The van der Waals surface area contributed by atoms with Crippen LogP contribution in [-0.4, -0.2) is 16.6 Å². The quantitative estimate of drug-likeness (QED) is 0.869. The van der Waals surface area contributed by atoms with Crippen molar-refractivity contribution >= 4 is 0 Å². The summed E-state index contributed by atoms with van der Waals surface area (Å²) in [5, 5.41) is 12.5. The summed E-state index contributed by atoms with van der Waals surface area (Å²) >= 11 is 0. The first-order valence-corrected chi connectivity index (χ1v) is 6.28. The fourth-order valence-electron chi connectivity index (χ4n) is 1.84. The molecule has 2 N–H and O–H groups in total. The Labute approximate surface area is 112 Å². The standard InChI is InChI=1S/C15H17FN2O/c1-11(15-7-4-13(16)10-18-15)17-9-8-12-2-5-14(19)6-3-12/h2-7,10-11,17,19H,8-9H2,1H3. The van der Waals surface area contributed by atoms with Gasteiger partial charge in [0.25, 0.3) is 0 Å². The molecular formula is C15H17FN2O. The second kappa shape index (κ2) is 6.29. The van der Waals surface area contributed by atoms with E-state index in [0.29, 0.717) is 0 Å². The van der Waals surface area contributed by atoms with Crippen molar-refractivity contribution in [3.05, 3.63) is 59.7 Å². The first-order chi connectivity index (χ1) is 9.15. The molecule has 0 spiro atoms. The van der Waals surface area contributed by atoms with Crippen molar-refractivity contribution in [3.63, 3.8) is 0 Å². The van der Waals surface area contributed by atoms with Gasteiger partial charge in [0.2, 0.25) is 0 Å². The lowest BCUT2D eigenvalue weighted by Crippen LogP contribution is -2.22. The number of halogens is 1. The lowest BCUT2D eigenvalue weighted by molar-refractivity contribution is 0.475. The highest BCUT2D eigenvalue weighted by Gasteiger charge is 2.05. The van der Waals surface area contributed by atoms with Gasteiger partial charge in [-0.3, -0.25) is 4.98 Å². The average molecular weight is 260 g/mol. The number of benzene rings is 1. The molecule has 2 aromatic rings. The Morgan fingerprint density at radius 3 is 2.58 bits per heavy atom. The zero-order chi connectivity index (χ0) is 13.7. The molecule has 1 atom stereocenters. The van der Waals surface area contributed by atoms with Gasteiger partial charge in [0.1, 0.15) is 11.6 Å². The lowest BCUT2D eigenvalue weighted by atomic mass is 10.1. The second-order valence-corrected chi connectivity index (χ2v) is 4.49. The molecule has 1 heterocycles. The number of hydrogen-bond acceptors (Lipinski definition) is 3.